The van der Waals surface area contributed by atoms with Crippen molar-refractivity contribution in [3.8, 4) is 0 Å². The lowest BCUT2D eigenvalue weighted by Crippen LogP contribution is -2.42. The van der Waals surface area contributed by atoms with Crippen molar-refractivity contribution in [2.75, 3.05) is 17.6 Å². The number of carbonyl (C=O) groups excluding carboxylic acids is 1. The van der Waals surface area contributed by atoms with E-state index < -0.39 is 10.0 Å². The zero-order chi connectivity index (χ0) is 23.7. The third kappa shape index (κ3) is 4.10. The maximum atomic E-state index is 13.1. The van der Waals surface area contributed by atoms with E-state index in [1.54, 1.807) is 36.4 Å². The van der Waals surface area contributed by atoms with Gasteiger partial charge < -0.3 is 16.0 Å². The number of fused-ring (bicyclic) bond motifs is 1. The van der Waals surface area contributed by atoms with E-state index in [0.29, 0.717) is 36.3 Å². The van der Waals surface area contributed by atoms with E-state index in [9.17, 15) is 13.2 Å². The van der Waals surface area contributed by atoms with Gasteiger partial charge in [0, 0.05) is 37.1 Å². The first-order chi connectivity index (χ1) is 16.4. The molecule has 1 unspecified atom stereocenters. The number of nitrogens with zero attached hydrogens (tertiary/aromatic N) is 3. The van der Waals surface area contributed by atoms with Gasteiger partial charge in [0.2, 0.25) is 5.91 Å². The van der Waals surface area contributed by atoms with Crippen LogP contribution in [0.3, 0.4) is 0 Å². The molecule has 0 radical (unpaired) electrons. The van der Waals surface area contributed by atoms with Crippen molar-refractivity contribution >= 4 is 38.3 Å². The summed E-state index contributed by atoms with van der Waals surface area (Å²) < 4.78 is 27.5. The van der Waals surface area contributed by atoms with Crippen LogP contribution in [0.25, 0.3) is 11.0 Å². The topological polar surface area (TPSA) is 110 Å². The molecule has 2 aromatic heterocycles. The molecule has 0 aliphatic carbocycles. The summed E-state index contributed by atoms with van der Waals surface area (Å²) in [6.07, 6.45) is 4.02. The zero-order valence-electron chi connectivity index (χ0n) is 18.5. The normalized spacial score (nSPS) is 16.6. The monoisotopic (exact) mass is 475 g/mol. The van der Waals surface area contributed by atoms with Crippen molar-refractivity contribution in [2.24, 2.45) is 0 Å². The molecule has 0 spiro atoms. The quantitative estimate of drug-likeness (QED) is 0.442. The van der Waals surface area contributed by atoms with Crippen molar-refractivity contribution in [1.82, 2.24) is 13.9 Å². The number of benzene rings is 2. The van der Waals surface area contributed by atoms with Crippen molar-refractivity contribution in [2.45, 2.75) is 30.3 Å². The summed E-state index contributed by atoms with van der Waals surface area (Å²) in [6, 6.07) is 19.7. The summed E-state index contributed by atoms with van der Waals surface area (Å²) >= 11 is 0. The number of nitrogens with one attached hydrogen (secondary N) is 1. The van der Waals surface area contributed by atoms with Gasteiger partial charge in [0.15, 0.2) is 5.65 Å². The highest BCUT2D eigenvalue weighted by Crippen LogP contribution is 2.32. The lowest BCUT2D eigenvalue weighted by molar-refractivity contribution is -0.134. The first kappa shape index (κ1) is 22.0. The molecule has 174 valence electrons. The highest BCUT2D eigenvalue weighted by molar-refractivity contribution is 7.90. The predicted octanol–water partition coefficient (Wildman–Crippen LogP) is 3.46. The molecule has 8 nitrogen and oxygen atoms in total. The molecule has 2 aromatic carbocycles. The molecule has 1 saturated heterocycles. The van der Waals surface area contributed by atoms with Gasteiger partial charge in [-0.25, -0.2) is 17.4 Å². The molecule has 0 saturated carbocycles. The molecule has 9 heteroatoms. The Bertz CT molecular complexity index is 1440. The number of carbonyl (C=O) groups is 1. The van der Waals surface area contributed by atoms with Gasteiger partial charge in [-0.1, -0.05) is 48.5 Å². The molecule has 1 amide bonds. The maximum absolute atomic E-state index is 13.1. The summed E-state index contributed by atoms with van der Waals surface area (Å²) in [5.74, 6) is 0.0701. The van der Waals surface area contributed by atoms with Crippen LogP contribution in [0.15, 0.2) is 84.0 Å². The van der Waals surface area contributed by atoms with Crippen LogP contribution in [0.5, 0.6) is 0 Å². The maximum Gasteiger partial charge on any atom is 0.269 e. The Hall–Kier alpha value is -3.85. The zero-order valence-corrected chi connectivity index (χ0v) is 19.3. The van der Waals surface area contributed by atoms with E-state index in [4.69, 9.17) is 5.73 Å². The van der Waals surface area contributed by atoms with Crippen LogP contribution in [0.4, 0.5) is 11.4 Å². The molecule has 4 aromatic rings. The van der Waals surface area contributed by atoms with Gasteiger partial charge in [0.05, 0.1) is 22.5 Å². The van der Waals surface area contributed by atoms with Gasteiger partial charge in [0.25, 0.3) is 10.0 Å². The van der Waals surface area contributed by atoms with E-state index in [1.165, 1.54) is 12.4 Å². The van der Waals surface area contributed by atoms with E-state index >= 15 is 0 Å². The number of amides is 1. The van der Waals surface area contributed by atoms with Gasteiger partial charge in [-0.2, -0.15) is 0 Å². The number of hydrogen-bond donors (Lipinski definition) is 2. The summed E-state index contributed by atoms with van der Waals surface area (Å²) in [4.78, 5) is 19.1. The third-order valence-corrected chi connectivity index (χ3v) is 7.78. The molecule has 3 N–H and O–H groups in total. The highest BCUT2D eigenvalue weighted by atomic mass is 32.2. The average Bonchev–Trinajstić information content (AvgIpc) is 3.29. The second-order valence-corrected chi connectivity index (χ2v) is 10.2. The molecule has 1 atom stereocenters. The first-order valence-corrected chi connectivity index (χ1v) is 12.5. The van der Waals surface area contributed by atoms with Gasteiger partial charge in [0.1, 0.15) is 0 Å². The van der Waals surface area contributed by atoms with E-state index in [-0.39, 0.29) is 22.5 Å². The SMILES string of the molecule is Nc1cnc2c(ccn2S(=O)(=O)c2ccccc2)c1NC1CCN(Cc2ccccc2)C(=O)C1. The minimum atomic E-state index is -3.81. The second-order valence-electron chi connectivity index (χ2n) is 8.39. The van der Waals surface area contributed by atoms with Crippen molar-refractivity contribution < 1.29 is 13.2 Å². The van der Waals surface area contributed by atoms with Gasteiger partial charge in [-0.05, 0) is 30.2 Å². The smallest absolute Gasteiger partial charge is 0.269 e. The second kappa shape index (κ2) is 8.83. The number of aromatic nitrogens is 2. The van der Waals surface area contributed by atoms with Crippen LogP contribution in [-0.4, -0.2) is 40.8 Å². The predicted molar refractivity (Wildman–Crippen MR) is 132 cm³/mol. The summed E-state index contributed by atoms with van der Waals surface area (Å²) in [7, 11) is -3.81. The molecule has 0 bridgehead atoms. The molecule has 1 aliphatic rings. The number of anilines is 2. The fourth-order valence-corrected chi connectivity index (χ4v) is 5.64. The Labute approximate surface area is 198 Å². The largest absolute Gasteiger partial charge is 0.396 e. The number of likely N-dealkylation sites (tertiary alicyclic amines) is 1. The Morgan fingerprint density at radius 2 is 1.74 bits per heavy atom. The lowest BCUT2D eigenvalue weighted by Gasteiger charge is -2.33. The fourth-order valence-electron chi connectivity index (χ4n) is 4.32. The van der Waals surface area contributed by atoms with Crippen LogP contribution in [-0.2, 0) is 21.4 Å². The van der Waals surface area contributed by atoms with Crippen LogP contribution in [0.1, 0.15) is 18.4 Å². The molecule has 5 rings (SSSR count). The first-order valence-electron chi connectivity index (χ1n) is 11.1. The van der Waals surface area contributed by atoms with Gasteiger partial charge >= 0.3 is 0 Å². The number of pyridine rings is 1. The standard InChI is InChI=1S/C25H25N5O3S/c26-22-16-27-25-21(12-14-30(25)34(32,33)20-9-5-2-6-10-20)24(22)28-19-11-13-29(23(31)15-19)17-18-7-3-1-4-8-18/h1-10,12,14,16,19H,11,13,15,17,26H2,(H,27,28). The van der Waals surface area contributed by atoms with Crippen molar-refractivity contribution in [3.05, 3.63) is 84.7 Å². The Morgan fingerprint density at radius 3 is 2.44 bits per heavy atom. The van der Waals surface area contributed by atoms with Crippen LogP contribution in [0.2, 0.25) is 0 Å². The van der Waals surface area contributed by atoms with Crippen molar-refractivity contribution in [3.63, 3.8) is 0 Å². The minimum absolute atomic E-state index is 0.0701. The van der Waals surface area contributed by atoms with E-state index in [0.717, 1.165) is 16.0 Å². The van der Waals surface area contributed by atoms with E-state index in [2.05, 4.69) is 10.3 Å². The molecule has 3 heterocycles. The third-order valence-electron chi connectivity index (χ3n) is 6.10. The van der Waals surface area contributed by atoms with Crippen LogP contribution in [0, 0.1) is 0 Å². The Balaban J connectivity index is 1.38. The molecular formula is C25H25N5O3S. The number of piperidine rings is 1. The number of nitrogens with two attached hydrogens (primary N) is 1. The Morgan fingerprint density at radius 1 is 1.03 bits per heavy atom. The van der Waals surface area contributed by atoms with Crippen LogP contribution >= 0.6 is 0 Å². The van der Waals surface area contributed by atoms with E-state index in [1.807, 2.05) is 35.2 Å². The molecular weight excluding hydrogens is 450 g/mol. The number of hydrogen-bond acceptors (Lipinski definition) is 6. The fraction of sp³-hybridized carbons (Fsp3) is 0.200. The number of rotatable bonds is 6. The average molecular weight is 476 g/mol. The molecule has 34 heavy (non-hydrogen) atoms. The Kier molecular flexibility index (Phi) is 5.70. The minimum Gasteiger partial charge on any atom is -0.396 e. The molecule has 1 aliphatic heterocycles. The summed E-state index contributed by atoms with van der Waals surface area (Å²) in [5.41, 5.74) is 8.61. The van der Waals surface area contributed by atoms with Crippen LogP contribution < -0.4 is 11.1 Å². The highest BCUT2D eigenvalue weighted by Gasteiger charge is 2.27. The van der Waals surface area contributed by atoms with Gasteiger partial charge in [-0.3, -0.25) is 4.79 Å². The number of nitrogen functional groups attached to an aromatic ring is 1. The van der Waals surface area contributed by atoms with Crippen molar-refractivity contribution in [1.29, 1.82) is 0 Å². The van der Waals surface area contributed by atoms with Gasteiger partial charge in [-0.15, -0.1) is 0 Å². The lowest BCUT2D eigenvalue weighted by atomic mass is 10.0. The summed E-state index contributed by atoms with van der Waals surface area (Å²) in [5, 5.41) is 3.99. The summed E-state index contributed by atoms with van der Waals surface area (Å²) in [6.45, 7) is 1.22. The molecule has 1 fully saturated rings.